The molecule has 0 aromatic carbocycles. The van der Waals surface area contributed by atoms with Crippen molar-refractivity contribution in [2.24, 2.45) is 0 Å². The van der Waals surface area contributed by atoms with Gasteiger partial charge in [0.05, 0.1) is 17.6 Å². The quantitative estimate of drug-likeness (QED) is 0.622. The maximum absolute atomic E-state index is 11.9. The van der Waals surface area contributed by atoms with Crippen molar-refractivity contribution >= 4 is 33.0 Å². The van der Waals surface area contributed by atoms with Crippen LogP contribution < -0.4 is 4.72 Å². The van der Waals surface area contributed by atoms with E-state index in [2.05, 4.69) is 11.3 Å². The highest BCUT2D eigenvalue weighted by molar-refractivity contribution is 7.91. The van der Waals surface area contributed by atoms with Crippen LogP contribution in [-0.2, 0) is 14.8 Å². The lowest BCUT2D eigenvalue weighted by atomic mass is 10.4. The lowest BCUT2D eigenvalue weighted by Crippen LogP contribution is -2.27. The van der Waals surface area contributed by atoms with Crippen molar-refractivity contribution in [1.29, 1.82) is 0 Å². The Bertz CT molecular complexity index is 503. The highest BCUT2D eigenvalue weighted by Gasteiger charge is 2.17. The molecule has 4 nitrogen and oxygen atoms in total. The second-order valence-electron chi connectivity index (χ2n) is 3.93. The van der Waals surface area contributed by atoms with Crippen molar-refractivity contribution in [2.45, 2.75) is 18.1 Å². The van der Waals surface area contributed by atoms with Gasteiger partial charge in [-0.25, -0.2) is 13.1 Å². The van der Waals surface area contributed by atoms with Crippen molar-refractivity contribution < 1.29 is 13.2 Å². The van der Waals surface area contributed by atoms with E-state index in [1.165, 1.54) is 0 Å². The summed E-state index contributed by atoms with van der Waals surface area (Å²) in [6.45, 7) is 8.28. The zero-order chi connectivity index (χ0) is 13.8. The second kappa shape index (κ2) is 6.68. The topological polar surface area (TPSA) is 55.4 Å². The van der Waals surface area contributed by atoms with Crippen molar-refractivity contribution in [3.8, 4) is 0 Å². The van der Waals surface area contributed by atoms with Gasteiger partial charge in [0.1, 0.15) is 4.21 Å². The molecule has 1 aromatic heterocycles. The van der Waals surface area contributed by atoms with Crippen molar-refractivity contribution in [3.63, 3.8) is 0 Å². The Morgan fingerprint density at radius 3 is 2.78 bits per heavy atom. The van der Waals surface area contributed by atoms with E-state index in [1.54, 1.807) is 13.0 Å². The molecule has 0 spiro atoms. The molecule has 0 atom stereocenters. The Morgan fingerprint density at radius 1 is 1.61 bits per heavy atom. The minimum atomic E-state index is -3.48. The summed E-state index contributed by atoms with van der Waals surface area (Å²) >= 11 is 6.90. The molecule has 0 fully saturated rings. The van der Waals surface area contributed by atoms with Crippen molar-refractivity contribution in [2.75, 3.05) is 19.8 Å². The lowest BCUT2D eigenvalue weighted by molar-refractivity contribution is 0.162. The number of halogens is 1. The molecule has 0 saturated heterocycles. The summed E-state index contributed by atoms with van der Waals surface area (Å²) in [5.41, 5.74) is 1.67. The molecule has 0 radical (unpaired) electrons. The number of hydrogen-bond donors (Lipinski definition) is 1. The molecule has 0 aliphatic carbocycles. The normalized spacial score (nSPS) is 11.7. The Labute approximate surface area is 117 Å². The number of ether oxygens (including phenoxy) is 1. The van der Waals surface area contributed by atoms with E-state index in [0.29, 0.717) is 17.6 Å². The zero-order valence-electron chi connectivity index (χ0n) is 10.3. The van der Waals surface area contributed by atoms with Crippen LogP contribution in [0.5, 0.6) is 0 Å². The van der Waals surface area contributed by atoms with Gasteiger partial charge in [0.15, 0.2) is 0 Å². The molecule has 0 amide bonds. The minimum absolute atomic E-state index is 0.226. The molecule has 0 unspecified atom stereocenters. The van der Waals surface area contributed by atoms with Gasteiger partial charge in [0, 0.05) is 6.54 Å². The van der Waals surface area contributed by atoms with E-state index >= 15 is 0 Å². The zero-order valence-corrected chi connectivity index (χ0v) is 12.7. The van der Waals surface area contributed by atoms with Crippen molar-refractivity contribution in [3.05, 3.63) is 28.1 Å². The van der Waals surface area contributed by atoms with Crippen LogP contribution in [0.2, 0.25) is 4.34 Å². The summed E-state index contributed by atoms with van der Waals surface area (Å²) in [7, 11) is -3.48. The smallest absolute Gasteiger partial charge is 0.250 e. The van der Waals surface area contributed by atoms with Crippen LogP contribution in [0.4, 0.5) is 0 Å². The molecule has 7 heteroatoms. The molecule has 18 heavy (non-hydrogen) atoms. The summed E-state index contributed by atoms with van der Waals surface area (Å²) in [5, 5.41) is 0. The molecule has 0 aliphatic rings. The molecule has 0 aliphatic heterocycles. The maximum atomic E-state index is 11.9. The predicted octanol–water partition coefficient (Wildman–Crippen LogP) is 2.58. The third-order valence-corrected chi connectivity index (χ3v) is 5.48. The second-order valence-corrected chi connectivity index (χ2v) is 7.58. The molecule has 102 valence electrons. The molecule has 1 aromatic rings. The van der Waals surface area contributed by atoms with Gasteiger partial charge in [-0.05, 0) is 25.5 Å². The van der Waals surface area contributed by atoms with Crippen LogP contribution in [0.1, 0.15) is 12.5 Å². The fraction of sp³-hybridized carbons (Fsp3) is 0.455. The maximum Gasteiger partial charge on any atom is 0.250 e. The minimum Gasteiger partial charge on any atom is -0.376 e. The monoisotopic (exact) mass is 309 g/mol. The van der Waals surface area contributed by atoms with Crippen LogP contribution in [0.15, 0.2) is 22.4 Å². The van der Waals surface area contributed by atoms with Gasteiger partial charge in [-0.1, -0.05) is 23.8 Å². The SMILES string of the molecule is C=C(C)COCCNS(=O)(=O)c1cc(C)c(Cl)s1. The first-order valence-corrected chi connectivity index (χ1v) is 7.98. The predicted molar refractivity (Wildman–Crippen MR) is 74.9 cm³/mol. The summed E-state index contributed by atoms with van der Waals surface area (Å²) in [6.07, 6.45) is 0. The molecule has 0 saturated carbocycles. The number of thiophene rings is 1. The van der Waals surface area contributed by atoms with Gasteiger partial charge in [0.25, 0.3) is 0 Å². The van der Waals surface area contributed by atoms with Crippen LogP contribution in [-0.4, -0.2) is 28.2 Å². The molecular weight excluding hydrogens is 294 g/mol. The highest BCUT2D eigenvalue weighted by Crippen LogP contribution is 2.29. The lowest BCUT2D eigenvalue weighted by Gasteiger charge is -2.05. The summed E-state index contributed by atoms with van der Waals surface area (Å²) < 4.78 is 32.1. The van der Waals surface area contributed by atoms with E-state index < -0.39 is 10.0 Å². The molecule has 0 bridgehead atoms. The summed E-state index contributed by atoms with van der Waals surface area (Å²) in [4.78, 5) is 0. The first-order valence-electron chi connectivity index (χ1n) is 5.30. The van der Waals surface area contributed by atoms with Crippen LogP contribution in [0, 0.1) is 6.92 Å². The van der Waals surface area contributed by atoms with Gasteiger partial charge in [-0.2, -0.15) is 0 Å². The Hall–Kier alpha value is -0.400. The van der Waals surface area contributed by atoms with Crippen LogP contribution >= 0.6 is 22.9 Å². The average Bonchev–Trinajstić information content (AvgIpc) is 2.59. The van der Waals surface area contributed by atoms with E-state index in [1.807, 2.05) is 6.92 Å². The first kappa shape index (κ1) is 15.7. The van der Waals surface area contributed by atoms with E-state index in [-0.39, 0.29) is 10.8 Å². The highest BCUT2D eigenvalue weighted by atomic mass is 35.5. The van der Waals surface area contributed by atoms with Gasteiger partial charge in [-0.15, -0.1) is 11.3 Å². The first-order chi connectivity index (χ1) is 8.33. The molecular formula is C11H16ClNO3S2. The summed E-state index contributed by atoms with van der Waals surface area (Å²) in [6, 6.07) is 1.56. The Balaban J connectivity index is 2.48. The van der Waals surface area contributed by atoms with E-state index in [9.17, 15) is 8.42 Å². The average molecular weight is 310 g/mol. The van der Waals surface area contributed by atoms with Gasteiger partial charge >= 0.3 is 0 Å². The summed E-state index contributed by atoms with van der Waals surface area (Å²) in [5.74, 6) is 0. The third-order valence-electron chi connectivity index (χ3n) is 1.99. The fourth-order valence-corrected chi connectivity index (χ4v) is 3.90. The Morgan fingerprint density at radius 2 is 2.28 bits per heavy atom. The number of hydrogen-bond acceptors (Lipinski definition) is 4. The third kappa shape index (κ3) is 4.70. The van der Waals surface area contributed by atoms with Crippen LogP contribution in [0.3, 0.4) is 0 Å². The van der Waals surface area contributed by atoms with E-state index in [4.69, 9.17) is 16.3 Å². The van der Waals surface area contributed by atoms with Gasteiger partial charge in [-0.3, -0.25) is 0 Å². The molecule has 1 rings (SSSR count). The van der Waals surface area contributed by atoms with Gasteiger partial charge in [0.2, 0.25) is 10.0 Å². The number of nitrogens with one attached hydrogen (secondary N) is 1. The van der Waals surface area contributed by atoms with Crippen molar-refractivity contribution in [1.82, 2.24) is 4.72 Å². The van der Waals surface area contributed by atoms with Crippen LogP contribution in [0.25, 0.3) is 0 Å². The standard InChI is InChI=1S/C11H16ClNO3S2/c1-8(2)7-16-5-4-13-18(14,15)10-6-9(3)11(12)17-10/h6,13H,1,4-5,7H2,2-3H3. The Kier molecular flexibility index (Phi) is 5.81. The molecule has 1 N–H and O–H groups in total. The number of aryl methyl sites for hydroxylation is 1. The van der Waals surface area contributed by atoms with Gasteiger partial charge < -0.3 is 4.74 Å². The fourth-order valence-electron chi connectivity index (χ4n) is 1.13. The number of sulfonamides is 1. The largest absolute Gasteiger partial charge is 0.376 e. The number of rotatable bonds is 7. The van der Waals surface area contributed by atoms with E-state index in [0.717, 1.165) is 22.5 Å². The molecule has 1 heterocycles.